The number of carbonyl (C=O) groups excluding carboxylic acids is 4. The second-order valence-corrected chi connectivity index (χ2v) is 9.04. The second-order valence-electron chi connectivity index (χ2n) is 9.04. The minimum Gasteiger partial charge on any atom is -0.497 e. The number of hydrogen-bond donors (Lipinski definition) is 1. The topological polar surface area (TPSA) is 111 Å². The third-order valence-electron chi connectivity index (χ3n) is 7.02. The van der Waals surface area contributed by atoms with E-state index in [1.807, 2.05) is 0 Å². The first kappa shape index (κ1) is 25.3. The fourth-order valence-electron chi connectivity index (χ4n) is 5.63. The van der Waals surface area contributed by atoms with Crippen molar-refractivity contribution in [1.29, 1.82) is 0 Å². The predicted molar refractivity (Wildman–Crippen MR) is 138 cm³/mol. The minimum atomic E-state index is -1.84. The molecule has 2 heterocycles. The third kappa shape index (κ3) is 3.60. The molecule has 2 aromatic carbocycles. The molecule has 2 aromatic rings. The predicted octanol–water partition coefficient (Wildman–Crippen LogP) is 3.79. The highest BCUT2D eigenvalue weighted by atomic mass is 16.5. The van der Waals surface area contributed by atoms with Crippen LogP contribution in [-0.2, 0) is 34.2 Å². The van der Waals surface area contributed by atoms with E-state index < -0.39 is 23.4 Å². The normalized spacial score (nSPS) is 20.2. The molecule has 196 valence electrons. The summed E-state index contributed by atoms with van der Waals surface area (Å²) in [5.74, 6) is -2.05. The number of rotatable bonds is 6. The lowest BCUT2D eigenvalue weighted by atomic mass is 9.71. The van der Waals surface area contributed by atoms with Crippen molar-refractivity contribution >= 4 is 35.0 Å². The highest BCUT2D eigenvalue weighted by Gasteiger charge is 2.62. The van der Waals surface area contributed by atoms with Gasteiger partial charge in [0.1, 0.15) is 5.75 Å². The van der Waals surface area contributed by atoms with Gasteiger partial charge in [-0.2, -0.15) is 0 Å². The molecule has 1 amide bonds. The highest BCUT2D eigenvalue weighted by molar-refractivity contribution is 6.24. The Balaban J connectivity index is 1.97. The van der Waals surface area contributed by atoms with Crippen molar-refractivity contribution in [2.24, 2.45) is 0 Å². The lowest BCUT2D eigenvalue weighted by molar-refractivity contribution is -0.143. The van der Waals surface area contributed by atoms with Gasteiger partial charge in [0, 0.05) is 35.1 Å². The zero-order valence-electron chi connectivity index (χ0n) is 21.5. The highest BCUT2D eigenvalue weighted by Crippen LogP contribution is 2.55. The number of anilines is 2. The number of nitrogens with zero attached hydrogens (tertiary/aromatic N) is 1. The second kappa shape index (κ2) is 9.81. The van der Waals surface area contributed by atoms with E-state index >= 15 is 0 Å². The number of Topliss-reactive ketones (excluding diaryl/α,β-unsaturated/α-hetero) is 1. The molecule has 2 aliphatic heterocycles. The number of para-hydroxylation sites is 1. The molecule has 9 nitrogen and oxygen atoms in total. The van der Waals surface area contributed by atoms with Crippen LogP contribution in [0, 0.1) is 0 Å². The molecule has 0 saturated heterocycles. The molecule has 0 bridgehead atoms. The van der Waals surface area contributed by atoms with Crippen LogP contribution in [0.4, 0.5) is 11.4 Å². The number of ether oxygens (including phenoxy) is 3. The van der Waals surface area contributed by atoms with Gasteiger partial charge in [0.15, 0.2) is 11.3 Å². The molecule has 38 heavy (non-hydrogen) atoms. The van der Waals surface area contributed by atoms with Crippen molar-refractivity contribution in [2.45, 2.75) is 38.6 Å². The maximum atomic E-state index is 14.3. The molecule has 1 spiro atoms. The molecule has 1 unspecified atom stereocenters. The molecule has 0 aromatic heterocycles. The number of allylic oxidation sites excluding steroid dienone is 1. The Hall–Kier alpha value is -4.40. The summed E-state index contributed by atoms with van der Waals surface area (Å²) in [6.07, 6.45) is 1.11. The number of esters is 2. The molecule has 5 rings (SSSR count). The monoisotopic (exact) mass is 516 g/mol. The summed E-state index contributed by atoms with van der Waals surface area (Å²) < 4.78 is 16.3. The summed E-state index contributed by atoms with van der Waals surface area (Å²) in [7, 11) is 1.53. The van der Waals surface area contributed by atoms with E-state index in [4.69, 9.17) is 14.2 Å². The van der Waals surface area contributed by atoms with Crippen LogP contribution < -0.4 is 15.0 Å². The molecule has 9 heteroatoms. The number of benzene rings is 2. The quantitative estimate of drug-likeness (QED) is 0.578. The van der Waals surface area contributed by atoms with Gasteiger partial charge in [0.05, 0.1) is 37.0 Å². The summed E-state index contributed by atoms with van der Waals surface area (Å²) >= 11 is 0. The van der Waals surface area contributed by atoms with Gasteiger partial charge in [0.25, 0.3) is 5.91 Å². The fourth-order valence-corrected chi connectivity index (χ4v) is 5.63. The lowest BCUT2D eigenvalue weighted by Gasteiger charge is -2.48. The number of amides is 1. The third-order valence-corrected chi connectivity index (χ3v) is 7.02. The smallest absolute Gasteiger partial charge is 0.339 e. The first-order valence-corrected chi connectivity index (χ1v) is 12.6. The maximum absolute atomic E-state index is 14.3. The molecule has 1 aliphatic carbocycles. The van der Waals surface area contributed by atoms with E-state index in [-0.39, 0.29) is 42.1 Å². The van der Waals surface area contributed by atoms with Crippen LogP contribution in [0.5, 0.6) is 5.75 Å². The van der Waals surface area contributed by atoms with Gasteiger partial charge in [-0.05, 0) is 44.9 Å². The Morgan fingerprint density at radius 2 is 1.71 bits per heavy atom. The van der Waals surface area contributed by atoms with Crippen molar-refractivity contribution in [3.05, 3.63) is 76.5 Å². The van der Waals surface area contributed by atoms with Crippen LogP contribution in [0.3, 0.4) is 0 Å². The lowest BCUT2D eigenvalue weighted by Crippen LogP contribution is -2.58. The van der Waals surface area contributed by atoms with Gasteiger partial charge in [-0.1, -0.05) is 24.3 Å². The van der Waals surface area contributed by atoms with Gasteiger partial charge in [-0.25, -0.2) is 9.59 Å². The Bertz CT molecular complexity index is 1420. The van der Waals surface area contributed by atoms with Gasteiger partial charge in [-0.3, -0.25) is 9.59 Å². The molecule has 0 saturated carbocycles. The van der Waals surface area contributed by atoms with Gasteiger partial charge in [-0.15, -0.1) is 0 Å². The first-order chi connectivity index (χ1) is 18.4. The van der Waals surface area contributed by atoms with Crippen LogP contribution >= 0.6 is 0 Å². The van der Waals surface area contributed by atoms with E-state index in [1.165, 1.54) is 7.11 Å². The Kier molecular flexibility index (Phi) is 6.52. The average molecular weight is 517 g/mol. The first-order valence-electron chi connectivity index (χ1n) is 12.6. The van der Waals surface area contributed by atoms with Gasteiger partial charge >= 0.3 is 11.9 Å². The Morgan fingerprint density at radius 1 is 0.974 bits per heavy atom. The average Bonchev–Trinajstić information content (AvgIpc) is 3.20. The van der Waals surface area contributed by atoms with Crippen molar-refractivity contribution in [2.75, 3.05) is 30.5 Å². The number of fused-ring (bicyclic) bond motifs is 2. The van der Waals surface area contributed by atoms with Crippen molar-refractivity contribution in [1.82, 2.24) is 0 Å². The number of nitrogens with one attached hydrogen (secondary N) is 1. The summed E-state index contributed by atoms with van der Waals surface area (Å²) in [5.41, 5.74) is -0.269. The van der Waals surface area contributed by atoms with Crippen LogP contribution in [0.2, 0.25) is 0 Å². The summed E-state index contributed by atoms with van der Waals surface area (Å²) in [6, 6.07) is 14.0. The van der Waals surface area contributed by atoms with Crippen LogP contribution in [0.25, 0.3) is 0 Å². The number of carbonyl (C=O) groups is 4. The van der Waals surface area contributed by atoms with Crippen molar-refractivity contribution in [3.63, 3.8) is 0 Å². The molecular weight excluding hydrogens is 488 g/mol. The van der Waals surface area contributed by atoms with Crippen molar-refractivity contribution in [3.8, 4) is 5.75 Å². The summed E-state index contributed by atoms with van der Waals surface area (Å²) in [4.78, 5) is 56.9. The van der Waals surface area contributed by atoms with Crippen LogP contribution in [0.15, 0.2) is 70.9 Å². The SMILES string of the molecule is CCOC(=O)C1=C(C(=O)OCC)C2(C(=O)Nc3ccccc32)N(c2cccc(OC)c2)C2=C1C(=O)CCC2. The number of ketones is 1. The summed E-state index contributed by atoms with van der Waals surface area (Å²) in [5, 5.41) is 2.90. The Labute approximate surface area is 220 Å². The van der Waals surface area contributed by atoms with E-state index in [0.29, 0.717) is 41.2 Å². The van der Waals surface area contributed by atoms with E-state index in [1.54, 1.807) is 67.3 Å². The Morgan fingerprint density at radius 3 is 2.45 bits per heavy atom. The largest absolute Gasteiger partial charge is 0.497 e. The maximum Gasteiger partial charge on any atom is 0.339 e. The minimum absolute atomic E-state index is 0.00318. The standard InChI is InChI=1S/C29H28N2O7/c1-4-37-26(33)24-23-21(14-9-15-22(23)32)31(17-10-8-11-18(16-17)36-3)29(25(24)27(34)38-5-2)19-12-6-7-13-20(19)30-28(29)35/h6-8,10-13,16H,4-5,9,14-15H2,1-3H3,(H,30,35). The zero-order chi connectivity index (χ0) is 27.0. The molecule has 1 N–H and O–H groups in total. The van der Waals surface area contributed by atoms with Crippen molar-refractivity contribution < 1.29 is 33.4 Å². The molecule has 0 fully saturated rings. The summed E-state index contributed by atoms with van der Waals surface area (Å²) in [6.45, 7) is 3.29. The van der Waals surface area contributed by atoms with Crippen LogP contribution in [0.1, 0.15) is 38.7 Å². The van der Waals surface area contributed by atoms with E-state index in [0.717, 1.165) is 0 Å². The number of hydrogen-bond acceptors (Lipinski definition) is 8. The molecule has 1 atom stereocenters. The zero-order valence-corrected chi connectivity index (χ0v) is 21.5. The molecule has 3 aliphatic rings. The van der Waals surface area contributed by atoms with Gasteiger partial charge in [0.2, 0.25) is 0 Å². The number of methoxy groups -OCH3 is 1. The molecular formula is C29H28N2O7. The fraction of sp³-hybridized carbons (Fsp3) is 0.310. The van der Waals surface area contributed by atoms with E-state index in [9.17, 15) is 19.2 Å². The van der Waals surface area contributed by atoms with Crippen LogP contribution in [-0.4, -0.2) is 44.0 Å². The van der Waals surface area contributed by atoms with E-state index in [2.05, 4.69) is 5.32 Å². The van der Waals surface area contributed by atoms with Gasteiger partial charge < -0.3 is 24.4 Å². The molecule has 0 radical (unpaired) electrons.